The van der Waals surface area contributed by atoms with Gasteiger partial charge in [0.2, 0.25) is 0 Å². The highest BCUT2D eigenvalue weighted by Gasteiger charge is 2.19. The van der Waals surface area contributed by atoms with Gasteiger partial charge in [-0.1, -0.05) is 17.7 Å². The molecule has 0 bridgehead atoms. The summed E-state index contributed by atoms with van der Waals surface area (Å²) in [5.41, 5.74) is 7.85. The first-order valence-corrected chi connectivity index (χ1v) is 7.05. The number of anilines is 1. The zero-order valence-electron chi connectivity index (χ0n) is 11.0. The third-order valence-corrected chi connectivity index (χ3v) is 3.72. The van der Waals surface area contributed by atoms with Crippen LogP contribution in [-0.2, 0) is 11.3 Å². The summed E-state index contributed by atoms with van der Waals surface area (Å²) in [5, 5.41) is 9.41. The lowest BCUT2D eigenvalue weighted by Crippen LogP contribution is -2.37. The second-order valence-electron chi connectivity index (χ2n) is 4.91. The topological polar surface area (TPSA) is 58.7 Å². The Morgan fingerprint density at radius 1 is 1.37 bits per heavy atom. The number of benzene rings is 1. The van der Waals surface area contributed by atoms with Crippen molar-refractivity contribution in [2.45, 2.75) is 25.5 Å². The number of piperidine rings is 1. The molecule has 2 rings (SSSR count). The van der Waals surface area contributed by atoms with Gasteiger partial charge in [-0.05, 0) is 30.5 Å². The predicted octanol–water partition coefficient (Wildman–Crippen LogP) is 1.90. The first-order valence-electron chi connectivity index (χ1n) is 6.68. The predicted molar refractivity (Wildman–Crippen MR) is 77.2 cm³/mol. The molecular formula is C14H21ClN2O2. The van der Waals surface area contributed by atoms with Crippen molar-refractivity contribution < 1.29 is 9.84 Å². The first-order chi connectivity index (χ1) is 9.19. The molecule has 0 aliphatic carbocycles. The molecule has 1 saturated heterocycles. The van der Waals surface area contributed by atoms with Crippen LogP contribution in [0.5, 0.6) is 0 Å². The zero-order chi connectivity index (χ0) is 13.7. The fraction of sp³-hybridized carbons (Fsp3) is 0.571. The molecule has 106 valence electrons. The fourth-order valence-electron chi connectivity index (χ4n) is 2.40. The maximum atomic E-state index is 8.74. The van der Waals surface area contributed by atoms with Gasteiger partial charge in [0, 0.05) is 30.3 Å². The molecule has 1 fully saturated rings. The van der Waals surface area contributed by atoms with Crippen molar-refractivity contribution in [1.82, 2.24) is 4.90 Å². The largest absolute Gasteiger partial charge is 0.398 e. The number of hydrogen-bond acceptors (Lipinski definition) is 4. The van der Waals surface area contributed by atoms with Crippen LogP contribution in [0.15, 0.2) is 18.2 Å². The van der Waals surface area contributed by atoms with Gasteiger partial charge in [0.15, 0.2) is 0 Å². The van der Waals surface area contributed by atoms with E-state index in [0.29, 0.717) is 11.6 Å². The molecule has 5 heteroatoms. The number of nitrogen functional groups attached to an aromatic ring is 1. The van der Waals surface area contributed by atoms with Crippen LogP contribution in [0.25, 0.3) is 0 Å². The number of aliphatic hydroxyl groups excluding tert-OH is 1. The normalized spacial score (nSPS) is 17.8. The Labute approximate surface area is 119 Å². The summed E-state index contributed by atoms with van der Waals surface area (Å²) in [6, 6.07) is 5.67. The van der Waals surface area contributed by atoms with E-state index in [-0.39, 0.29) is 12.7 Å². The van der Waals surface area contributed by atoms with E-state index < -0.39 is 0 Å². The van der Waals surface area contributed by atoms with Gasteiger partial charge in [-0.3, -0.25) is 4.90 Å². The molecule has 0 radical (unpaired) electrons. The lowest BCUT2D eigenvalue weighted by molar-refractivity contribution is -0.00898. The van der Waals surface area contributed by atoms with Crippen molar-refractivity contribution in [3.05, 3.63) is 28.8 Å². The summed E-state index contributed by atoms with van der Waals surface area (Å²) in [6.45, 7) is 3.39. The Morgan fingerprint density at radius 2 is 2.11 bits per heavy atom. The van der Waals surface area contributed by atoms with Gasteiger partial charge in [-0.2, -0.15) is 0 Å². The highest BCUT2D eigenvalue weighted by atomic mass is 35.5. The van der Waals surface area contributed by atoms with E-state index in [1.54, 1.807) is 6.07 Å². The fourth-order valence-corrected chi connectivity index (χ4v) is 2.58. The second kappa shape index (κ2) is 7.10. The summed E-state index contributed by atoms with van der Waals surface area (Å²) in [6.07, 6.45) is 2.30. The van der Waals surface area contributed by atoms with Crippen LogP contribution in [0.2, 0.25) is 5.02 Å². The second-order valence-corrected chi connectivity index (χ2v) is 5.35. The number of ether oxygens (including phenoxy) is 1. The Kier molecular flexibility index (Phi) is 5.45. The van der Waals surface area contributed by atoms with Crippen molar-refractivity contribution in [2.24, 2.45) is 0 Å². The molecule has 0 saturated carbocycles. The number of rotatable bonds is 5. The average Bonchev–Trinajstić information content (AvgIpc) is 2.41. The van der Waals surface area contributed by atoms with Gasteiger partial charge in [0.05, 0.1) is 19.3 Å². The molecule has 0 unspecified atom stereocenters. The minimum Gasteiger partial charge on any atom is -0.398 e. The highest BCUT2D eigenvalue weighted by Crippen LogP contribution is 2.22. The Hall–Kier alpha value is -0.810. The monoisotopic (exact) mass is 284 g/mol. The molecule has 1 heterocycles. The smallest absolute Gasteiger partial charge is 0.0701 e. The molecular weight excluding hydrogens is 264 g/mol. The number of likely N-dealkylation sites (tertiary alicyclic amines) is 1. The van der Waals surface area contributed by atoms with E-state index >= 15 is 0 Å². The molecule has 1 aromatic rings. The van der Waals surface area contributed by atoms with Crippen LogP contribution in [0.3, 0.4) is 0 Å². The van der Waals surface area contributed by atoms with Crippen molar-refractivity contribution >= 4 is 17.3 Å². The third-order valence-electron chi connectivity index (χ3n) is 3.48. The van der Waals surface area contributed by atoms with Crippen LogP contribution in [0, 0.1) is 0 Å². The lowest BCUT2D eigenvalue weighted by Gasteiger charge is -2.32. The summed E-state index contributed by atoms with van der Waals surface area (Å²) < 4.78 is 5.55. The minimum absolute atomic E-state index is 0.0987. The van der Waals surface area contributed by atoms with E-state index in [9.17, 15) is 0 Å². The van der Waals surface area contributed by atoms with Gasteiger partial charge in [-0.15, -0.1) is 0 Å². The van der Waals surface area contributed by atoms with Gasteiger partial charge in [0.1, 0.15) is 0 Å². The van der Waals surface area contributed by atoms with Crippen molar-refractivity contribution in [2.75, 3.05) is 32.0 Å². The Balaban J connectivity index is 1.82. The molecule has 0 atom stereocenters. The Bertz CT molecular complexity index is 406. The molecule has 3 N–H and O–H groups in total. The third kappa shape index (κ3) is 4.35. The summed E-state index contributed by atoms with van der Waals surface area (Å²) in [5.74, 6) is 0. The summed E-state index contributed by atoms with van der Waals surface area (Å²) in [4.78, 5) is 2.37. The number of aliphatic hydroxyl groups is 1. The minimum atomic E-state index is 0.0987. The number of nitrogens with two attached hydrogens (primary N) is 1. The zero-order valence-corrected chi connectivity index (χ0v) is 11.8. The lowest BCUT2D eigenvalue weighted by atomic mass is 10.1. The van der Waals surface area contributed by atoms with Crippen LogP contribution in [-0.4, -0.2) is 42.4 Å². The van der Waals surface area contributed by atoms with Crippen molar-refractivity contribution in [3.8, 4) is 0 Å². The van der Waals surface area contributed by atoms with E-state index in [1.807, 2.05) is 12.1 Å². The quantitative estimate of drug-likeness (QED) is 0.811. The number of halogens is 1. The molecule has 4 nitrogen and oxygen atoms in total. The molecule has 0 amide bonds. The van der Waals surface area contributed by atoms with E-state index in [2.05, 4.69) is 4.90 Å². The maximum Gasteiger partial charge on any atom is 0.0701 e. The number of nitrogens with zero attached hydrogens (tertiary/aromatic N) is 1. The SMILES string of the molecule is Nc1cc(Cl)ccc1CN1CCC(OCCO)CC1. The van der Waals surface area contributed by atoms with Gasteiger partial charge < -0.3 is 15.6 Å². The van der Waals surface area contributed by atoms with Crippen LogP contribution < -0.4 is 5.73 Å². The number of hydrogen-bond donors (Lipinski definition) is 2. The summed E-state index contributed by atoms with van der Waals surface area (Å²) in [7, 11) is 0. The molecule has 19 heavy (non-hydrogen) atoms. The molecule has 1 aliphatic heterocycles. The van der Waals surface area contributed by atoms with Gasteiger partial charge in [0.25, 0.3) is 0 Å². The standard InChI is InChI=1S/C14H21ClN2O2/c15-12-2-1-11(14(16)9-12)10-17-5-3-13(4-6-17)19-8-7-18/h1-2,9,13,18H,3-8,10,16H2. The van der Waals surface area contributed by atoms with Gasteiger partial charge >= 0.3 is 0 Å². The maximum absolute atomic E-state index is 8.74. The van der Waals surface area contributed by atoms with Crippen molar-refractivity contribution in [1.29, 1.82) is 0 Å². The van der Waals surface area contributed by atoms with Crippen LogP contribution in [0.1, 0.15) is 18.4 Å². The van der Waals surface area contributed by atoms with Crippen LogP contribution >= 0.6 is 11.6 Å². The highest BCUT2D eigenvalue weighted by molar-refractivity contribution is 6.30. The van der Waals surface area contributed by atoms with E-state index in [0.717, 1.165) is 43.7 Å². The molecule has 1 aliphatic rings. The Morgan fingerprint density at radius 3 is 2.74 bits per heavy atom. The van der Waals surface area contributed by atoms with Crippen LogP contribution in [0.4, 0.5) is 5.69 Å². The van der Waals surface area contributed by atoms with E-state index in [4.69, 9.17) is 27.2 Å². The van der Waals surface area contributed by atoms with Crippen molar-refractivity contribution in [3.63, 3.8) is 0 Å². The molecule has 0 aromatic heterocycles. The molecule has 1 aromatic carbocycles. The van der Waals surface area contributed by atoms with Gasteiger partial charge in [-0.25, -0.2) is 0 Å². The van der Waals surface area contributed by atoms with E-state index in [1.165, 1.54) is 0 Å². The molecule has 0 spiro atoms. The first kappa shape index (κ1) is 14.6. The average molecular weight is 285 g/mol. The summed E-state index contributed by atoms with van der Waals surface area (Å²) >= 11 is 5.90.